The van der Waals surface area contributed by atoms with Crippen LogP contribution in [0.1, 0.15) is 6.92 Å². The molecular weight excluding hydrogens is 136 g/mol. The zero-order valence-electron chi connectivity index (χ0n) is 5.88. The van der Waals surface area contributed by atoms with E-state index in [1.54, 1.807) is 26.6 Å². The number of hydrogen-bond acceptors (Lipinski definition) is 3. The van der Waals surface area contributed by atoms with Crippen LogP contribution in [-0.2, 0) is 13.3 Å². The quantitative estimate of drug-likeness (QED) is 0.435. The third kappa shape index (κ3) is 4.20. The minimum atomic E-state index is -1.47. The van der Waals surface area contributed by atoms with E-state index in [2.05, 4.69) is 0 Å². The van der Waals surface area contributed by atoms with Gasteiger partial charge in [-0.2, -0.15) is 0 Å². The van der Waals surface area contributed by atoms with Crippen molar-refractivity contribution in [3.8, 4) is 0 Å². The number of rotatable bonds is 4. The highest BCUT2D eigenvalue weighted by molar-refractivity contribution is 6.36. The molecule has 0 aromatic rings. The van der Waals surface area contributed by atoms with Crippen molar-refractivity contribution in [2.24, 2.45) is 0 Å². The van der Waals surface area contributed by atoms with Crippen LogP contribution in [0, 0.1) is 0 Å². The lowest BCUT2D eigenvalue weighted by Crippen LogP contribution is -2.20. The van der Waals surface area contributed by atoms with Crippen molar-refractivity contribution in [3.63, 3.8) is 0 Å². The Bertz CT molecular complexity index is 80.3. The van der Waals surface area contributed by atoms with Gasteiger partial charge < -0.3 is 13.3 Å². The Kier molecular flexibility index (Phi) is 5.60. The minimum absolute atomic E-state index is 1.47. The summed E-state index contributed by atoms with van der Waals surface area (Å²) in [5.74, 6) is 0. The molecule has 0 aliphatic rings. The van der Waals surface area contributed by atoms with Crippen LogP contribution < -0.4 is 0 Å². The Morgan fingerprint density at radius 3 is 2.11 bits per heavy atom. The molecule has 9 heavy (non-hydrogen) atoms. The SMILES string of the molecule is CC=CO[Si](OC)OC. The van der Waals surface area contributed by atoms with Crippen molar-refractivity contribution in [3.05, 3.63) is 12.3 Å². The van der Waals surface area contributed by atoms with E-state index in [1.165, 1.54) is 0 Å². The molecule has 1 radical (unpaired) electrons. The van der Waals surface area contributed by atoms with Gasteiger partial charge in [0, 0.05) is 14.2 Å². The van der Waals surface area contributed by atoms with E-state index in [-0.39, 0.29) is 0 Å². The smallest absolute Gasteiger partial charge is 0.505 e. The van der Waals surface area contributed by atoms with E-state index in [1.807, 2.05) is 6.92 Å². The molecule has 0 N–H and O–H groups in total. The first-order valence-electron chi connectivity index (χ1n) is 2.58. The molecular formula is C5H11O3Si. The van der Waals surface area contributed by atoms with E-state index in [0.29, 0.717) is 0 Å². The topological polar surface area (TPSA) is 27.7 Å². The molecule has 0 fully saturated rings. The third-order valence-electron chi connectivity index (χ3n) is 0.634. The number of allylic oxidation sites excluding steroid dienone is 1. The summed E-state index contributed by atoms with van der Waals surface area (Å²) in [6, 6.07) is 0. The van der Waals surface area contributed by atoms with E-state index in [4.69, 9.17) is 13.3 Å². The van der Waals surface area contributed by atoms with Crippen molar-refractivity contribution in [1.82, 2.24) is 0 Å². The predicted octanol–water partition coefficient (Wildman–Crippen LogP) is 0.814. The molecule has 0 saturated heterocycles. The van der Waals surface area contributed by atoms with Crippen LogP contribution in [0.2, 0.25) is 0 Å². The summed E-state index contributed by atoms with van der Waals surface area (Å²) in [6.07, 6.45) is 3.34. The van der Waals surface area contributed by atoms with Crippen LogP contribution in [0.15, 0.2) is 12.3 Å². The molecule has 4 heteroatoms. The summed E-state index contributed by atoms with van der Waals surface area (Å²) in [6.45, 7) is 1.87. The van der Waals surface area contributed by atoms with Gasteiger partial charge in [0.2, 0.25) is 0 Å². The summed E-state index contributed by atoms with van der Waals surface area (Å²) in [5, 5.41) is 0. The maximum absolute atomic E-state index is 4.97. The first kappa shape index (κ1) is 8.68. The second kappa shape index (κ2) is 5.81. The molecule has 0 aromatic carbocycles. The van der Waals surface area contributed by atoms with E-state index in [9.17, 15) is 0 Å². The number of hydrogen-bond donors (Lipinski definition) is 0. The lowest BCUT2D eigenvalue weighted by atomic mass is 10.8. The molecule has 53 valence electrons. The summed E-state index contributed by atoms with van der Waals surface area (Å²) in [5.41, 5.74) is 0. The van der Waals surface area contributed by atoms with Gasteiger partial charge in [-0.15, -0.1) is 0 Å². The second-order valence-electron chi connectivity index (χ2n) is 1.25. The predicted molar refractivity (Wildman–Crippen MR) is 35.7 cm³/mol. The summed E-state index contributed by atoms with van der Waals surface area (Å²) >= 11 is 0. The molecule has 0 atom stereocenters. The van der Waals surface area contributed by atoms with E-state index in [0.717, 1.165) is 0 Å². The fourth-order valence-electron chi connectivity index (χ4n) is 0.303. The molecule has 0 amide bonds. The Labute approximate surface area is 57.2 Å². The van der Waals surface area contributed by atoms with E-state index >= 15 is 0 Å². The van der Waals surface area contributed by atoms with Crippen molar-refractivity contribution < 1.29 is 13.3 Å². The lowest BCUT2D eigenvalue weighted by molar-refractivity contribution is 0.181. The maximum atomic E-state index is 4.97. The minimum Gasteiger partial charge on any atom is -0.505 e. The molecule has 3 nitrogen and oxygen atoms in total. The van der Waals surface area contributed by atoms with Crippen LogP contribution in [0.4, 0.5) is 0 Å². The highest BCUT2D eigenvalue weighted by Gasteiger charge is 2.13. The highest BCUT2D eigenvalue weighted by Crippen LogP contribution is 1.87. The van der Waals surface area contributed by atoms with Gasteiger partial charge in [0.15, 0.2) is 0 Å². The van der Waals surface area contributed by atoms with Gasteiger partial charge in [0.25, 0.3) is 0 Å². The van der Waals surface area contributed by atoms with Gasteiger partial charge >= 0.3 is 9.53 Å². The van der Waals surface area contributed by atoms with Gasteiger partial charge in [-0.3, -0.25) is 0 Å². The van der Waals surface area contributed by atoms with Crippen LogP contribution in [0.3, 0.4) is 0 Å². The molecule has 0 heterocycles. The van der Waals surface area contributed by atoms with Gasteiger partial charge in [-0.1, -0.05) is 6.08 Å². The second-order valence-corrected chi connectivity index (χ2v) is 2.80. The Balaban J connectivity index is 3.31. The first-order valence-corrected chi connectivity index (χ1v) is 3.80. The fourth-order valence-corrected chi connectivity index (χ4v) is 0.909. The highest BCUT2D eigenvalue weighted by atomic mass is 28.3. The standard InChI is InChI=1S/C5H11O3Si/c1-4-5-8-9(6-2)7-3/h4-5H,1-3H3. The fraction of sp³-hybridized carbons (Fsp3) is 0.600. The largest absolute Gasteiger partial charge is 0.655 e. The average molecular weight is 147 g/mol. The molecule has 0 spiro atoms. The van der Waals surface area contributed by atoms with Gasteiger partial charge in [0.1, 0.15) is 0 Å². The van der Waals surface area contributed by atoms with Crippen LogP contribution in [0.5, 0.6) is 0 Å². The van der Waals surface area contributed by atoms with Crippen LogP contribution >= 0.6 is 0 Å². The average Bonchev–Trinajstić information content (AvgIpc) is 1.91. The first-order chi connectivity index (χ1) is 4.35. The molecule has 0 rings (SSSR count). The summed E-state index contributed by atoms with van der Waals surface area (Å²) in [7, 11) is 1.64. The van der Waals surface area contributed by atoms with Gasteiger partial charge in [0.05, 0.1) is 6.26 Å². The molecule has 0 unspecified atom stereocenters. The normalized spacial score (nSPS) is 11.1. The molecule has 0 saturated carbocycles. The molecule has 0 bridgehead atoms. The molecule has 0 aliphatic carbocycles. The van der Waals surface area contributed by atoms with Crippen molar-refractivity contribution >= 4 is 9.53 Å². The third-order valence-corrected chi connectivity index (χ3v) is 1.63. The van der Waals surface area contributed by atoms with Crippen molar-refractivity contribution in [2.75, 3.05) is 14.2 Å². The van der Waals surface area contributed by atoms with Crippen molar-refractivity contribution in [2.45, 2.75) is 6.92 Å². The van der Waals surface area contributed by atoms with Gasteiger partial charge in [-0.05, 0) is 6.92 Å². The van der Waals surface area contributed by atoms with Crippen molar-refractivity contribution in [1.29, 1.82) is 0 Å². The summed E-state index contributed by atoms with van der Waals surface area (Å²) < 4.78 is 14.6. The summed E-state index contributed by atoms with van der Waals surface area (Å²) in [4.78, 5) is 0. The van der Waals surface area contributed by atoms with Crippen LogP contribution in [0.25, 0.3) is 0 Å². The maximum Gasteiger partial charge on any atom is 0.655 e. The zero-order valence-corrected chi connectivity index (χ0v) is 6.88. The van der Waals surface area contributed by atoms with E-state index < -0.39 is 9.53 Å². The molecule has 0 aromatic heterocycles. The Morgan fingerprint density at radius 2 is 1.78 bits per heavy atom. The lowest BCUT2D eigenvalue weighted by Gasteiger charge is -2.04. The monoisotopic (exact) mass is 147 g/mol. The Hall–Kier alpha value is -0.323. The van der Waals surface area contributed by atoms with Crippen LogP contribution in [-0.4, -0.2) is 23.7 Å². The zero-order chi connectivity index (χ0) is 7.11. The Morgan fingerprint density at radius 1 is 1.22 bits per heavy atom. The van der Waals surface area contributed by atoms with Gasteiger partial charge in [-0.25, -0.2) is 0 Å². The molecule has 0 aliphatic heterocycles.